The van der Waals surface area contributed by atoms with Gasteiger partial charge >= 0.3 is 0 Å². The first kappa shape index (κ1) is 19.5. The molecule has 0 bridgehead atoms. The van der Waals surface area contributed by atoms with Crippen LogP contribution in [0, 0.1) is 6.92 Å². The van der Waals surface area contributed by atoms with Gasteiger partial charge in [-0.25, -0.2) is 4.98 Å². The van der Waals surface area contributed by atoms with Crippen LogP contribution in [0.3, 0.4) is 0 Å². The second-order valence-electron chi connectivity index (χ2n) is 6.76. The Bertz CT molecular complexity index is 1280. The molecule has 0 aliphatic rings. The second-order valence-corrected chi connectivity index (χ2v) is 7.70. The van der Waals surface area contributed by atoms with Crippen LogP contribution >= 0.6 is 11.3 Å². The zero-order valence-corrected chi connectivity index (χ0v) is 16.9. The van der Waals surface area contributed by atoms with Crippen LogP contribution in [0.1, 0.15) is 15.2 Å². The van der Waals surface area contributed by atoms with Crippen molar-refractivity contribution in [1.82, 2.24) is 9.55 Å². The minimum absolute atomic E-state index is 0.146. The summed E-state index contributed by atoms with van der Waals surface area (Å²) >= 11 is 1.36. The van der Waals surface area contributed by atoms with Crippen LogP contribution in [0.2, 0.25) is 0 Å². The number of anilines is 2. The summed E-state index contributed by atoms with van der Waals surface area (Å²) in [7, 11) is 0. The third-order valence-corrected chi connectivity index (χ3v) is 5.33. The zero-order chi connectivity index (χ0) is 21.1. The molecule has 2 aromatic heterocycles. The van der Waals surface area contributed by atoms with E-state index in [0.717, 1.165) is 5.56 Å². The summed E-state index contributed by atoms with van der Waals surface area (Å²) in [6.07, 6.45) is 1.38. The van der Waals surface area contributed by atoms with Gasteiger partial charge in [0.2, 0.25) is 5.91 Å². The molecular formula is C22H18N4O3S. The van der Waals surface area contributed by atoms with E-state index in [0.29, 0.717) is 27.2 Å². The molecule has 8 heteroatoms. The quantitative estimate of drug-likeness (QED) is 0.517. The lowest BCUT2D eigenvalue weighted by atomic mass is 10.2. The van der Waals surface area contributed by atoms with Crippen molar-refractivity contribution in [2.75, 3.05) is 10.6 Å². The molecule has 30 heavy (non-hydrogen) atoms. The smallest absolute Gasteiger partial charge is 0.265 e. The number of thiophene rings is 1. The molecule has 0 radical (unpaired) electrons. The van der Waals surface area contributed by atoms with Crippen molar-refractivity contribution in [3.8, 4) is 0 Å². The third kappa shape index (κ3) is 4.28. The van der Waals surface area contributed by atoms with Crippen molar-refractivity contribution in [2.45, 2.75) is 13.5 Å². The maximum absolute atomic E-state index is 12.6. The van der Waals surface area contributed by atoms with E-state index >= 15 is 0 Å². The summed E-state index contributed by atoms with van der Waals surface area (Å²) < 4.78 is 1.28. The van der Waals surface area contributed by atoms with Crippen molar-refractivity contribution in [3.05, 3.63) is 87.1 Å². The van der Waals surface area contributed by atoms with Gasteiger partial charge in [0, 0.05) is 11.4 Å². The van der Waals surface area contributed by atoms with Crippen LogP contribution in [-0.2, 0) is 11.3 Å². The molecule has 2 heterocycles. The summed E-state index contributed by atoms with van der Waals surface area (Å²) in [4.78, 5) is 42.0. The topological polar surface area (TPSA) is 93.1 Å². The highest BCUT2D eigenvalue weighted by molar-refractivity contribution is 7.12. The van der Waals surface area contributed by atoms with Gasteiger partial charge in [0.25, 0.3) is 11.5 Å². The SMILES string of the molecule is Cc1ccc2ncn(CC(=O)Nc3ccc(NC(=O)c4cccs4)cc3)c(=O)c2c1. The van der Waals surface area contributed by atoms with E-state index in [9.17, 15) is 14.4 Å². The van der Waals surface area contributed by atoms with Gasteiger partial charge in [0.15, 0.2) is 0 Å². The Morgan fingerprint density at radius 1 is 1.03 bits per heavy atom. The molecule has 150 valence electrons. The van der Waals surface area contributed by atoms with E-state index in [1.807, 2.05) is 24.4 Å². The Kier molecular flexibility index (Phi) is 5.40. The number of aryl methyl sites for hydroxylation is 1. The molecule has 0 unspecified atom stereocenters. The molecule has 0 fully saturated rings. The van der Waals surface area contributed by atoms with Crippen LogP contribution in [0.4, 0.5) is 11.4 Å². The first-order valence-electron chi connectivity index (χ1n) is 9.20. The molecule has 0 spiro atoms. The predicted molar refractivity (Wildman–Crippen MR) is 118 cm³/mol. The summed E-state index contributed by atoms with van der Waals surface area (Å²) in [5, 5.41) is 7.87. The molecule has 7 nitrogen and oxygen atoms in total. The summed E-state index contributed by atoms with van der Waals surface area (Å²) in [6.45, 7) is 1.75. The van der Waals surface area contributed by atoms with Gasteiger partial charge in [-0.15, -0.1) is 11.3 Å². The highest BCUT2D eigenvalue weighted by Gasteiger charge is 2.10. The summed E-state index contributed by atoms with van der Waals surface area (Å²) in [6, 6.07) is 15.8. The number of hydrogen-bond donors (Lipinski definition) is 2. The number of aromatic nitrogens is 2. The first-order chi connectivity index (χ1) is 14.5. The van der Waals surface area contributed by atoms with E-state index in [1.54, 1.807) is 42.5 Å². The number of nitrogens with one attached hydrogen (secondary N) is 2. The number of carbonyl (C=O) groups is 2. The predicted octanol–water partition coefficient (Wildman–Crippen LogP) is 3.66. The van der Waals surface area contributed by atoms with Crippen molar-refractivity contribution in [3.63, 3.8) is 0 Å². The number of carbonyl (C=O) groups excluding carboxylic acids is 2. The van der Waals surface area contributed by atoms with Crippen LogP contribution in [0.15, 0.2) is 71.1 Å². The molecule has 2 amide bonds. The number of rotatable bonds is 5. The highest BCUT2D eigenvalue weighted by Crippen LogP contribution is 2.16. The average molecular weight is 418 g/mol. The zero-order valence-electron chi connectivity index (χ0n) is 16.1. The molecule has 2 N–H and O–H groups in total. The lowest BCUT2D eigenvalue weighted by Crippen LogP contribution is -2.27. The number of nitrogens with zero attached hydrogens (tertiary/aromatic N) is 2. The average Bonchev–Trinajstić information content (AvgIpc) is 3.27. The molecule has 0 aliphatic carbocycles. The molecular weight excluding hydrogens is 400 g/mol. The molecule has 0 saturated carbocycles. The van der Waals surface area contributed by atoms with Crippen LogP contribution < -0.4 is 16.2 Å². The van der Waals surface area contributed by atoms with E-state index in [4.69, 9.17) is 0 Å². The van der Waals surface area contributed by atoms with Gasteiger partial charge < -0.3 is 10.6 Å². The van der Waals surface area contributed by atoms with E-state index in [1.165, 1.54) is 22.2 Å². The van der Waals surface area contributed by atoms with Gasteiger partial charge in [-0.2, -0.15) is 0 Å². The highest BCUT2D eigenvalue weighted by atomic mass is 32.1. The van der Waals surface area contributed by atoms with E-state index in [-0.39, 0.29) is 23.9 Å². The lowest BCUT2D eigenvalue weighted by Gasteiger charge is -2.09. The normalized spacial score (nSPS) is 10.7. The fraction of sp³-hybridized carbons (Fsp3) is 0.0909. The van der Waals surface area contributed by atoms with Gasteiger partial charge in [-0.05, 0) is 54.8 Å². The Morgan fingerprint density at radius 3 is 2.47 bits per heavy atom. The molecule has 4 rings (SSSR count). The third-order valence-electron chi connectivity index (χ3n) is 4.46. The number of amides is 2. The van der Waals surface area contributed by atoms with Crippen molar-refractivity contribution >= 4 is 45.4 Å². The fourth-order valence-corrected chi connectivity index (χ4v) is 3.60. The molecule has 0 saturated heterocycles. The first-order valence-corrected chi connectivity index (χ1v) is 10.1. The van der Waals surface area contributed by atoms with Crippen LogP contribution in [0.25, 0.3) is 10.9 Å². The molecule has 0 aliphatic heterocycles. The molecule has 0 atom stereocenters. The van der Waals surface area contributed by atoms with E-state index < -0.39 is 0 Å². The summed E-state index contributed by atoms with van der Waals surface area (Å²) in [5.41, 5.74) is 2.48. The monoisotopic (exact) mass is 418 g/mol. The Morgan fingerprint density at radius 2 is 1.77 bits per heavy atom. The van der Waals surface area contributed by atoms with Gasteiger partial charge in [0.05, 0.1) is 22.1 Å². The van der Waals surface area contributed by atoms with Crippen LogP contribution in [-0.4, -0.2) is 21.4 Å². The molecule has 2 aromatic carbocycles. The fourth-order valence-electron chi connectivity index (χ4n) is 2.98. The Balaban J connectivity index is 1.42. The lowest BCUT2D eigenvalue weighted by molar-refractivity contribution is -0.116. The largest absolute Gasteiger partial charge is 0.325 e. The van der Waals surface area contributed by atoms with Crippen LogP contribution in [0.5, 0.6) is 0 Å². The van der Waals surface area contributed by atoms with Gasteiger partial charge in [-0.1, -0.05) is 17.7 Å². The standard InChI is InChI=1S/C22H18N4O3S/c1-14-4-9-18-17(11-14)22(29)26(13-23-18)12-20(27)24-15-5-7-16(8-6-15)25-21(28)19-3-2-10-30-19/h2-11,13H,12H2,1H3,(H,24,27)(H,25,28). The van der Waals surface area contributed by atoms with Crippen molar-refractivity contribution in [2.24, 2.45) is 0 Å². The number of benzene rings is 2. The number of hydrogen-bond acceptors (Lipinski definition) is 5. The maximum Gasteiger partial charge on any atom is 0.265 e. The number of fused-ring (bicyclic) bond motifs is 1. The Labute approximate surface area is 176 Å². The minimum Gasteiger partial charge on any atom is -0.325 e. The van der Waals surface area contributed by atoms with Crippen molar-refractivity contribution < 1.29 is 9.59 Å². The van der Waals surface area contributed by atoms with Crippen molar-refractivity contribution in [1.29, 1.82) is 0 Å². The molecule has 4 aromatic rings. The van der Waals surface area contributed by atoms with Gasteiger partial charge in [-0.3, -0.25) is 19.0 Å². The Hall–Kier alpha value is -3.78. The summed E-state index contributed by atoms with van der Waals surface area (Å²) in [5.74, 6) is -0.526. The maximum atomic E-state index is 12.6. The minimum atomic E-state index is -0.346. The van der Waals surface area contributed by atoms with E-state index in [2.05, 4.69) is 15.6 Å². The van der Waals surface area contributed by atoms with Gasteiger partial charge in [0.1, 0.15) is 6.54 Å². The second kappa shape index (κ2) is 8.30.